The Balaban J connectivity index is 1.54. The highest BCUT2D eigenvalue weighted by atomic mass is 32.2. The number of rotatable bonds is 6. The molecule has 0 fully saturated rings. The lowest BCUT2D eigenvalue weighted by atomic mass is 10.2. The zero-order valence-electron chi connectivity index (χ0n) is 16.9. The van der Waals surface area contributed by atoms with Crippen molar-refractivity contribution in [3.8, 4) is 17.2 Å². The van der Waals surface area contributed by atoms with Crippen molar-refractivity contribution in [3.05, 3.63) is 72.3 Å². The summed E-state index contributed by atoms with van der Waals surface area (Å²) in [4.78, 5) is 12.8. The Morgan fingerprint density at radius 3 is 2.48 bits per heavy atom. The molecule has 9 heteroatoms. The van der Waals surface area contributed by atoms with Crippen LogP contribution in [0.2, 0.25) is 0 Å². The molecule has 31 heavy (non-hydrogen) atoms. The molecule has 1 aliphatic rings. The highest BCUT2D eigenvalue weighted by molar-refractivity contribution is 7.92. The summed E-state index contributed by atoms with van der Waals surface area (Å²) >= 11 is 0. The second-order valence-corrected chi connectivity index (χ2v) is 8.69. The van der Waals surface area contributed by atoms with E-state index in [9.17, 15) is 13.2 Å². The first-order chi connectivity index (χ1) is 14.9. The number of carbonyl (C=O) groups excluding carboxylic acids is 1. The molecule has 0 saturated carbocycles. The van der Waals surface area contributed by atoms with Gasteiger partial charge < -0.3 is 19.5 Å². The number of ether oxygens (including phenoxy) is 3. The summed E-state index contributed by atoms with van der Waals surface area (Å²) < 4.78 is 42.7. The number of hydrogen-bond donors (Lipinski definition) is 1. The van der Waals surface area contributed by atoms with Crippen molar-refractivity contribution < 1.29 is 27.4 Å². The van der Waals surface area contributed by atoms with Gasteiger partial charge in [0, 0.05) is 24.4 Å². The average Bonchev–Trinajstić information content (AvgIpc) is 3.26. The number of amides is 1. The number of anilines is 2. The predicted octanol–water partition coefficient (Wildman–Crippen LogP) is 3.50. The number of hydrogen-bond acceptors (Lipinski definition) is 6. The van der Waals surface area contributed by atoms with Crippen LogP contribution in [0.1, 0.15) is 10.4 Å². The summed E-state index contributed by atoms with van der Waals surface area (Å²) in [5, 5.41) is 2.78. The van der Waals surface area contributed by atoms with Crippen LogP contribution in [0.5, 0.6) is 17.2 Å². The molecule has 3 aromatic rings. The largest absolute Gasteiger partial charge is 0.497 e. The number of sulfonamides is 1. The van der Waals surface area contributed by atoms with Gasteiger partial charge in [0.25, 0.3) is 15.9 Å². The van der Waals surface area contributed by atoms with E-state index in [1.165, 1.54) is 32.4 Å². The fourth-order valence-corrected chi connectivity index (χ4v) is 4.25. The molecule has 1 amide bonds. The Morgan fingerprint density at radius 1 is 1.00 bits per heavy atom. The van der Waals surface area contributed by atoms with Crippen LogP contribution in [-0.4, -0.2) is 35.3 Å². The van der Waals surface area contributed by atoms with Crippen LogP contribution in [-0.2, 0) is 10.0 Å². The summed E-state index contributed by atoms with van der Waals surface area (Å²) in [5.74, 6) is 1.35. The van der Waals surface area contributed by atoms with Crippen LogP contribution in [0.4, 0.5) is 11.4 Å². The zero-order chi connectivity index (χ0) is 22.0. The maximum absolute atomic E-state index is 13.0. The van der Waals surface area contributed by atoms with Crippen molar-refractivity contribution in [1.29, 1.82) is 0 Å². The van der Waals surface area contributed by atoms with Gasteiger partial charge in [-0.25, -0.2) is 8.42 Å². The van der Waals surface area contributed by atoms with Gasteiger partial charge in [-0.05, 0) is 54.6 Å². The Bertz CT molecular complexity index is 1230. The normalized spacial score (nSPS) is 12.3. The first-order valence-corrected chi connectivity index (χ1v) is 10.8. The maximum atomic E-state index is 13.0. The van der Waals surface area contributed by atoms with E-state index in [0.717, 1.165) is 4.31 Å². The summed E-state index contributed by atoms with van der Waals surface area (Å²) in [7, 11) is -0.861. The number of nitrogens with one attached hydrogen (secondary N) is 1. The van der Waals surface area contributed by atoms with E-state index in [-0.39, 0.29) is 17.6 Å². The lowest BCUT2D eigenvalue weighted by molar-refractivity contribution is 0.102. The molecule has 8 nitrogen and oxygen atoms in total. The number of fused-ring (bicyclic) bond motifs is 1. The molecule has 0 atom stereocenters. The van der Waals surface area contributed by atoms with E-state index in [0.29, 0.717) is 34.2 Å². The second-order valence-electron chi connectivity index (χ2n) is 6.72. The minimum atomic E-state index is -3.81. The Labute approximate surface area is 180 Å². The minimum absolute atomic E-state index is 0.117. The van der Waals surface area contributed by atoms with Gasteiger partial charge >= 0.3 is 0 Å². The van der Waals surface area contributed by atoms with Crippen molar-refractivity contribution >= 4 is 27.3 Å². The molecule has 3 aromatic carbocycles. The molecule has 1 aliphatic heterocycles. The highest BCUT2D eigenvalue weighted by Gasteiger charge is 2.22. The third-order valence-electron chi connectivity index (χ3n) is 4.82. The van der Waals surface area contributed by atoms with Crippen molar-refractivity contribution in [3.63, 3.8) is 0 Å². The smallest absolute Gasteiger partial charge is 0.264 e. The lowest BCUT2D eigenvalue weighted by Gasteiger charge is -2.20. The van der Waals surface area contributed by atoms with Gasteiger partial charge in [0.15, 0.2) is 11.5 Å². The third kappa shape index (κ3) is 4.13. The van der Waals surface area contributed by atoms with Gasteiger partial charge in [0.05, 0.1) is 17.7 Å². The number of benzene rings is 3. The molecular weight excluding hydrogens is 420 g/mol. The fourth-order valence-electron chi connectivity index (χ4n) is 3.07. The topological polar surface area (TPSA) is 94.2 Å². The third-order valence-corrected chi connectivity index (χ3v) is 6.62. The summed E-state index contributed by atoms with van der Waals surface area (Å²) in [5.41, 5.74) is 1.21. The SMILES string of the molecule is COc1ccc(S(=O)(=O)N(C)c2cccc(C(=O)Nc3ccc4c(c3)OCO4)c2)cc1. The molecule has 160 valence electrons. The molecule has 0 radical (unpaired) electrons. The molecule has 0 saturated heterocycles. The van der Waals surface area contributed by atoms with E-state index >= 15 is 0 Å². The minimum Gasteiger partial charge on any atom is -0.497 e. The van der Waals surface area contributed by atoms with Gasteiger partial charge in [-0.2, -0.15) is 0 Å². The van der Waals surface area contributed by atoms with Crippen LogP contribution in [0.3, 0.4) is 0 Å². The first kappa shape index (κ1) is 20.5. The van der Waals surface area contributed by atoms with E-state index in [1.54, 1.807) is 48.5 Å². The van der Waals surface area contributed by atoms with E-state index < -0.39 is 10.0 Å². The van der Waals surface area contributed by atoms with E-state index in [1.807, 2.05) is 0 Å². The molecule has 0 spiro atoms. The lowest BCUT2D eigenvalue weighted by Crippen LogP contribution is -2.26. The second kappa shape index (κ2) is 8.19. The van der Waals surface area contributed by atoms with Crippen molar-refractivity contribution in [2.45, 2.75) is 4.90 Å². The highest BCUT2D eigenvalue weighted by Crippen LogP contribution is 2.34. The van der Waals surface area contributed by atoms with Crippen LogP contribution in [0, 0.1) is 0 Å². The molecular formula is C22H20N2O6S. The zero-order valence-corrected chi connectivity index (χ0v) is 17.7. The van der Waals surface area contributed by atoms with Crippen molar-refractivity contribution in [1.82, 2.24) is 0 Å². The Morgan fingerprint density at radius 2 is 1.74 bits per heavy atom. The van der Waals surface area contributed by atoms with Crippen LogP contribution >= 0.6 is 0 Å². The molecule has 4 rings (SSSR count). The summed E-state index contributed by atoms with van der Waals surface area (Å²) in [6, 6.07) is 17.6. The summed E-state index contributed by atoms with van der Waals surface area (Å²) in [6.07, 6.45) is 0. The van der Waals surface area contributed by atoms with Gasteiger partial charge in [0.1, 0.15) is 5.75 Å². The predicted molar refractivity (Wildman–Crippen MR) is 116 cm³/mol. The Hall–Kier alpha value is -3.72. The molecule has 1 N–H and O–H groups in total. The van der Waals surface area contributed by atoms with E-state index in [2.05, 4.69) is 5.32 Å². The molecule has 0 bridgehead atoms. The van der Waals surface area contributed by atoms with E-state index in [4.69, 9.17) is 14.2 Å². The number of carbonyl (C=O) groups is 1. The maximum Gasteiger partial charge on any atom is 0.264 e. The standard InChI is InChI=1S/C22H20N2O6S/c1-24(31(26,27)19-9-7-18(28-2)8-10-19)17-5-3-4-15(12-17)22(25)23-16-6-11-20-21(13-16)30-14-29-20/h3-13H,14H2,1-2H3,(H,23,25). The molecule has 0 aliphatic carbocycles. The van der Waals surface area contributed by atoms with Crippen LogP contribution in [0.25, 0.3) is 0 Å². The van der Waals surface area contributed by atoms with Crippen molar-refractivity contribution in [2.24, 2.45) is 0 Å². The molecule has 0 unspecified atom stereocenters. The van der Waals surface area contributed by atoms with Gasteiger partial charge in [-0.3, -0.25) is 9.10 Å². The monoisotopic (exact) mass is 440 g/mol. The van der Waals surface area contributed by atoms with Gasteiger partial charge in [-0.1, -0.05) is 6.07 Å². The quantitative estimate of drug-likeness (QED) is 0.631. The summed E-state index contributed by atoms with van der Waals surface area (Å²) in [6.45, 7) is 0.143. The average molecular weight is 440 g/mol. The molecule has 1 heterocycles. The number of methoxy groups -OCH3 is 1. The van der Waals surface area contributed by atoms with Gasteiger partial charge in [-0.15, -0.1) is 0 Å². The Kier molecular flexibility index (Phi) is 5.43. The van der Waals surface area contributed by atoms with Gasteiger partial charge in [0.2, 0.25) is 6.79 Å². The van der Waals surface area contributed by atoms with Crippen LogP contribution in [0.15, 0.2) is 71.6 Å². The molecule has 0 aromatic heterocycles. The fraction of sp³-hybridized carbons (Fsp3) is 0.136. The number of nitrogens with zero attached hydrogens (tertiary/aromatic N) is 1. The van der Waals surface area contributed by atoms with Crippen LogP contribution < -0.4 is 23.8 Å². The van der Waals surface area contributed by atoms with Crippen molar-refractivity contribution in [2.75, 3.05) is 30.6 Å². The first-order valence-electron chi connectivity index (χ1n) is 9.32.